The van der Waals surface area contributed by atoms with Crippen LogP contribution in [0.25, 0.3) is 5.52 Å². The number of piperidine rings is 1. The molecule has 0 saturated carbocycles. The summed E-state index contributed by atoms with van der Waals surface area (Å²) in [6, 6.07) is 3.04. The zero-order chi connectivity index (χ0) is 13.9. The molecule has 2 aromatic rings. The number of anilines is 1. The Labute approximate surface area is 120 Å². The summed E-state index contributed by atoms with van der Waals surface area (Å²) in [7, 11) is 0. The fraction of sp³-hybridized carbons (Fsp3) is 0.600. The van der Waals surface area contributed by atoms with Crippen molar-refractivity contribution in [2.24, 2.45) is 0 Å². The number of rotatable bonds is 4. The van der Waals surface area contributed by atoms with Crippen LogP contribution in [0, 0.1) is 0 Å². The number of aromatic nitrogens is 3. The molecule has 1 aliphatic rings. The summed E-state index contributed by atoms with van der Waals surface area (Å²) in [5.74, 6) is 1.07. The Morgan fingerprint density at radius 1 is 1.40 bits per heavy atom. The van der Waals surface area contributed by atoms with E-state index in [-0.39, 0.29) is 0 Å². The molecule has 108 valence electrons. The van der Waals surface area contributed by atoms with Crippen molar-refractivity contribution in [2.75, 3.05) is 18.0 Å². The molecule has 20 heavy (non-hydrogen) atoms. The van der Waals surface area contributed by atoms with Crippen molar-refractivity contribution in [3.05, 3.63) is 24.7 Å². The van der Waals surface area contributed by atoms with Gasteiger partial charge in [0.05, 0.1) is 6.20 Å². The van der Waals surface area contributed by atoms with Gasteiger partial charge in [-0.2, -0.15) is 5.10 Å². The molecule has 2 atom stereocenters. The van der Waals surface area contributed by atoms with E-state index in [9.17, 15) is 0 Å². The minimum Gasteiger partial charge on any atom is -0.350 e. The second kappa shape index (κ2) is 5.79. The summed E-state index contributed by atoms with van der Waals surface area (Å²) >= 11 is 0. The van der Waals surface area contributed by atoms with Crippen molar-refractivity contribution in [3.63, 3.8) is 0 Å². The van der Waals surface area contributed by atoms with Gasteiger partial charge in [-0.25, -0.2) is 9.50 Å². The Kier molecular flexibility index (Phi) is 3.87. The van der Waals surface area contributed by atoms with Crippen LogP contribution in [0.5, 0.6) is 0 Å². The minimum atomic E-state index is 0.477. The number of hydrogen-bond donors (Lipinski definition) is 1. The van der Waals surface area contributed by atoms with Crippen LogP contribution < -0.4 is 10.2 Å². The van der Waals surface area contributed by atoms with Crippen LogP contribution in [-0.2, 0) is 0 Å². The molecule has 1 saturated heterocycles. The second-order valence-electron chi connectivity index (χ2n) is 5.51. The van der Waals surface area contributed by atoms with E-state index in [0.29, 0.717) is 12.1 Å². The van der Waals surface area contributed by atoms with E-state index in [1.54, 1.807) is 0 Å². The quantitative estimate of drug-likeness (QED) is 0.926. The molecule has 5 nitrogen and oxygen atoms in total. The van der Waals surface area contributed by atoms with Crippen molar-refractivity contribution in [3.8, 4) is 0 Å². The molecule has 1 aliphatic heterocycles. The first-order valence-corrected chi connectivity index (χ1v) is 7.59. The summed E-state index contributed by atoms with van der Waals surface area (Å²) in [6.45, 7) is 6.54. The highest BCUT2D eigenvalue weighted by Crippen LogP contribution is 2.28. The molecule has 2 aromatic heterocycles. The topological polar surface area (TPSA) is 45.5 Å². The van der Waals surface area contributed by atoms with Crippen LogP contribution in [0.4, 0.5) is 5.82 Å². The van der Waals surface area contributed by atoms with Gasteiger partial charge >= 0.3 is 0 Å². The van der Waals surface area contributed by atoms with E-state index in [2.05, 4.69) is 34.1 Å². The van der Waals surface area contributed by atoms with Gasteiger partial charge in [-0.3, -0.25) is 0 Å². The van der Waals surface area contributed by atoms with Crippen molar-refractivity contribution in [1.82, 2.24) is 19.9 Å². The molecule has 0 aromatic carbocycles. The average molecular weight is 273 g/mol. The van der Waals surface area contributed by atoms with Crippen molar-refractivity contribution >= 4 is 11.3 Å². The lowest BCUT2D eigenvalue weighted by Gasteiger charge is -2.40. The van der Waals surface area contributed by atoms with Crippen LogP contribution in [0.1, 0.15) is 33.1 Å². The highest BCUT2D eigenvalue weighted by molar-refractivity contribution is 5.68. The van der Waals surface area contributed by atoms with E-state index in [0.717, 1.165) is 24.4 Å². The molecule has 0 aliphatic carbocycles. The predicted molar refractivity (Wildman–Crippen MR) is 81.1 cm³/mol. The molecule has 3 rings (SSSR count). The Morgan fingerprint density at radius 2 is 2.30 bits per heavy atom. The Hall–Kier alpha value is -1.62. The van der Waals surface area contributed by atoms with Gasteiger partial charge in [0.2, 0.25) is 0 Å². The van der Waals surface area contributed by atoms with Crippen LogP contribution >= 0.6 is 0 Å². The molecule has 1 N–H and O–H groups in total. The maximum Gasteiger partial charge on any atom is 0.154 e. The first kappa shape index (κ1) is 13.4. The maximum atomic E-state index is 4.63. The van der Waals surface area contributed by atoms with Gasteiger partial charge in [-0.1, -0.05) is 6.92 Å². The average Bonchev–Trinajstić information content (AvgIpc) is 2.96. The molecule has 1 fully saturated rings. The van der Waals surface area contributed by atoms with Crippen molar-refractivity contribution in [1.29, 1.82) is 0 Å². The molecule has 0 spiro atoms. The third-order valence-corrected chi connectivity index (χ3v) is 4.23. The maximum absolute atomic E-state index is 4.63. The van der Waals surface area contributed by atoms with Gasteiger partial charge in [0.25, 0.3) is 0 Å². The number of fused-ring (bicyclic) bond motifs is 1. The van der Waals surface area contributed by atoms with E-state index < -0.39 is 0 Å². The molecule has 3 heterocycles. The zero-order valence-electron chi connectivity index (χ0n) is 12.3. The summed E-state index contributed by atoms with van der Waals surface area (Å²) in [6.07, 6.45) is 9.37. The second-order valence-corrected chi connectivity index (χ2v) is 5.51. The molecule has 2 unspecified atom stereocenters. The largest absolute Gasteiger partial charge is 0.350 e. The summed E-state index contributed by atoms with van der Waals surface area (Å²) in [5.41, 5.74) is 1.10. The van der Waals surface area contributed by atoms with E-state index in [4.69, 9.17) is 0 Å². The van der Waals surface area contributed by atoms with Gasteiger partial charge < -0.3 is 10.2 Å². The highest BCUT2D eigenvalue weighted by Gasteiger charge is 2.29. The molecule has 5 heteroatoms. The summed E-state index contributed by atoms with van der Waals surface area (Å²) in [4.78, 5) is 7.10. The van der Waals surface area contributed by atoms with E-state index >= 15 is 0 Å². The first-order valence-electron chi connectivity index (χ1n) is 7.59. The minimum absolute atomic E-state index is 0.477. The van der Waals surface area contributed by atoms with E-state index in [1.165, 1.54) is 19.3 Å². The van der Waals surface area contributed by atoms with Gasteiger partial charge in [-0.05, 0) is 38.8 Å². The third-order valence-electron chi connectivity index (χ3n) is 4.23. The fourth-order valence-electron chi connectivity index (χ4n) is 3.26. The van der Waals surface area contributed by atoms with Gasteiger partial charge in [-0.15, -0.1) is 0 Å². The molecule has 0 radical (unpaired) electrons. The number of nitrogens with zero attached hydrogens (tertiary/aromatic N) is 4. The van der Waals surface area contributed by atoms with Crippen LogP contribution in [-0.4, -0.2) is 39.8 Å². The first-order chi connectivity index (χ1) is 9.81. The Balaban J connectivity index is 1.95. The Bertz CT molecular complexity index is 564. The highest BCUT2D eigenvalue weighted by atomic mass is 15.3. The lowest BCUT2D eigenvalue weighted by molar-refractivity contribution is 0.370. The third kappa shape index (κ3) is 2.38. The van der Waals surface area contributed by atoms with Gasteiger partial charge in [0, 0.05) is 31.0 Å². The number of likely N-dealkylation sites (N-methyl/N-ethyl adjacent to an activating group) is 1. The lowest BCUT2D eigenvalue weighted by Crippen LogP contribution is -2.51. The lowest BCUT2D eigenvalue weighted by atomic mass is 9.96. The van der Waals surface area contributed by atoms with Crippen molar-refractivity contribution < 1.29 is 0 Å². The fourth-order valence-corrected chi connectivity index (χ4v) is 3.26. The summed E-state index contributed by atoms with van der Waals surface area (Å²) < 4.78 is 1.91. The standard InChI is InChI=1S/C15H23N5/c1-3-16-12(2)13-6-4-5-10-19(13)15-14-7-8-18-20(14)11-9-17-15/h7-9,11-13,16H,3-6,10H2,1-2H3. The normalized spacial score (nSPS) is 21.3. The Morgan fingerprint density at radius 3 is 3.15 bits per heavy atom. The zero-order valence-corrected chi connectivity index (χ0v) is 12.3. The van der Waals surface area contributed by atoms with E-state index in [1.807, 2.05) is 29.2 Å². The van der Waals surface area contributed by atoms with Crippen LogP contribution in [0.3, 0.4) is 0 Å². The smallest absolute Gasteiger partial charge is 0.154 e. The van der Waals surface area contributed by atoms with Gasteiger partial charge in [0.1, 0.15) is 5.52 Å². The monoisotopic (exact) mass is 273 g/mol. The van der Waals surface area contributed by atoms with Crippen LogP contribution in [0.2, 0.25) is 0 Å². The predicted octanol–water partition coefficient (Wildman–Crippen LogP) is 2.09. The molecular weight excluding hydrogens is 250 g/mol. The van der Waals surface area contributed by atoms with Crippen LogP contribution in [0.15, 0.2) is 24.7 Å². The molecular formula is C15H23N5. The molecule has 0 amide bonds. The van der Waals surface area contributed by atoms with Crippen molar-refractivity contribution in [2.45, 2.75) is 45.2 Å². The van der Waals surface area contributed by atoms with Gasteiger partial charge in [0.15, 0.2) is 5.82 Å². The number of hydrogen-bond acceptors (Lipinski definition) is 4. The SMILES string of the molecule is CCNC(C)C1CCCCN1c1nccn2nccc12. The number of nitrogens with one attached hydrogen (secondary N) is 1. The molecule has 0 bridgehead atoms. The summed E-state index contributed by atoms with van der Waals surface area (Å²) in [5, 5.41) is 7.88.